The fraction of sp³-hybridized carbons (Fsp3) is 0.0833. The number of benzene rings is 6. The fourth-order valence-electron chi connectivity index (χ4n) is 8.84. The molecule has 1 atom stereocenters. The van der Waals surface area contributed by atoms with E-state index in [1.807, 2.05) is 11.3 Å². The summed E-state index contributed by atoms with van der Waals surface area (Å²) in [6.07, 6.45) is 14.7. The van der Waals surface area contributed by atoms with Gasteiger partial charge in [0.1, 0.15) is 0 Å². The molecule has 0 amide bonds. The van der Waals surface area contributed by atoms with Crippen molar-refractivity contribution in [2.24, 2.45) is 0 Å². The van der Waals surface area contributed by atoms with Crippen LogP contribution in [0.25, 0.3) is 81.5 Å². The van der Waals surface area contributed by atoms with Crippen LogP contribution < -0.4 is 0 Å². The van der Waals surface area contributed by atoms with E-state index < -0.39 is 0 Å². The average Bonchev–Trinajstić information content (AvgIpc) is 3.86. The Morgan fingerprint density at radius 3 is 2.29 bits per heavy atom. The number of aromatic nitrogens is 2. The van der Waals surface area contributed by atoms with Crippen molar-refractivity contribution >= 4 is 76.0 Å². The summed E-state index contributed by atoms with van der Waals surface area (Å²) in [5.41, 5.74) is 13.1. The molecule has 0 spiro atoms. The van der Waals surface area contributed by atoms with E-state index in [1.165, 1.54) is 92.2 Å². The van der Waals surface area contributed by atoms with E-state index in [-0.39, 0.29) is 5.92 Å². The van der Waals surface area contributed by atoms with Crippen molar-refractivity contribution in [1.29, 1.82) is 0 Å². The molecule has 0 saturated heterocycles. The van der Waals surface area contributed by atoms with Gasteiger partial charge in [0, 0.05) is 64.9 Å². The largest absolute Gasteiger partial charge is 0.313 e. The van der Waals surface area contributed by atoms with Gasteiger partial charge < -0.3 is 9.13 Å². The first-order chi connectivity index (χ1) is 25.3. The van der Waals surface area contributed by atoms with E-state index >= 15 is 0 Å². The third-order valence-corrected chi connectivity index (χ3v) is 12.4. The summed E-state index contributed by atoms with van der Waals surface area (Å²) in [6, 6.07) is 49.7. The summed E-state index contributed by atoms with van der Waals surface area (Å²) in [5, 5.41) is 6.62. The fourth-order valence-corrected chi connectivity index (χ4v) is 10.1. The number of fused-ring (bicyclic) bond motifs is 9. The molecular formula is C48H34N2S. The maximum atomic E-state index is 2.51. The highest BCUT2D eigenvalue weighted by atomic mass is 32.1. The van der Waals surface area contributed by atoms with Crippen LogP contribution in [0.2, 0.25) is 0 Å². The summed E-state index contributed by atoms with van der Waals surface area (Å²) in [4.78, 5) is 0. The van der Waals surface area contributed by atoms with Crippen molar-refractivity contribution in [3.05, 3.63) is 175 Å². The van der Waals surface area contributed by atoms with Crippen molar-refractivity contribution in [3.8, 4) is 16.8 Å². The summed E-state index contributed by atoms with van der Waals surface area (Å²) in [7, 11) is 0. The Labute approximate surface area is 300 Å². The Hall–Kier alpha value is -5.90. The SMILES string of the molecule is C1=CC(c2cccc(-c3cccc4c3sc3ccccc34)c2)CC(n2c3ccccc3c3cc(-n4c5c(c6ccccc64)C=CCC5)ccc32)=C1. The third-order valence-electron chi connectivity index (χ3n) is 11.1. The normalized spacial score (nSPS) is 15.8. The van der Waals surface area contributed by atoms with Crippen LogP contribution in [0, 0.1) is 0 Å². The summed E-state index contributed by atoms with van der Waals surface area (Å²) < 4.78 is 7.73. The molecule has 0 aliphatic heterocycles. The molecule has 0 N–H and O–H groups in total. The molecule has 3 heterocycles. The van der Waals surface area contributed by atoms with Crippen LogP contribution in [-0.4, -0.2) is 9.13 Å². The van der Waals surface area contributed by atoms with Crippen LogP contribution in [-0.2, 0) is 6.42 Å². The Balaban J connectivity index is 0.997. The second kappa shape index (κ2) is 11.3. The van der Waals surface area contributed by atoms with Crippen LogP contribution in [0.4, 0.5) is 0 Å². The second-order valence-electron chi connectivity index (χ2n) is 14.0. The van der Waals surface area contributed by atoms with E-state index in [1.54, 1.807) is 0 Å². The lowest BCUT2D eigenvalue weighted by Gasteiger charge is -2.22. The zero-order valence-corrected chi connectivity index (χ0v) is 28.9. The highest BCUT2D eigenvalue weighted by molar-refractivity contribution is 7.26. The monoisotopic (exact) mass is 670 g/mol. The van der Waals surface area contributed by atoms with Crippen LogP contribution in [0.15, 0.2) is 158 Å². The molecule has 242 valence electrons. The van der Waals surface area contributed by atoms with Crippen LogP contribution in [0.3, 0.4) is 0 Å². The standard InChI is InChI=1S/C48H34N2S/c1-5-22-43-37(16-1)38-17-2-6-23-44(38)50(43)35-26-27-46-42(30-35)39-18-3-7-24-45(39)49(46)34-15-10-13-32(29-34)31-12-9-14-33(28-31)36-20-11-21-41-40-19-4-8-25-47(40)51-48(36)41/h1-5,7-22,24-28,30,32H,6,23,29H2. The van der Waals surface area contributed by atoms with Gasteiger partial charge in [-0.05, 0) is 78.4 Å². The van der Waals surface area contributed by atoms with E-state index in [9.17, 15) is 0 Å². The minimum Gasteiger partial charge on any atom is -0.313 e. The number of rotatable bonds is 4. The van der Waals surface area contributed by atoms with Gasteiger partial charge in [0.2, 0.25) is 0 Å². The van der Waals surface area contributed by atoms with Gasteiger partial charge in [0.25, 0.3) is 0 Å². The molecule has 3 aromatic heterocycles. The van der Waals surface area contributed by atoms with E-state index in [0.29, 0.717) is 0 Å². The molecule has 0 fully saturated rings. The summed E-state index contributed by atoms with van der Waals surface area (Å²) in [6.45, 7) is 0. The minimum absolute atomic E-state index is 0.285. The van der Waals surface area contributed by atoms with Crippen LogP contribution in [0.1, 0.15) is 35.6 Å². The zero-order valence-electron chi connectivity index (χ0n) is 28.1. The Bertz CT molecular complexity index is 2960. The van der Waals surface area contributed by atoms with Gasteiger partial charge >= 0.3 is 0 Å². The van der Waals surface area contributed by atoms with Gasteiger partial charge in [-0.1, -0.05) is 121 Å². The molecule has 9 aromatic rings. The number of thiophene rings is 1. The van der Waals surface area contributed by atoms with Crippen molar-refractivity contribution in [1.82, 2.24) is 9.13 Å². The highest BCUT2D eigenvalue weighted by Gasteiger charge is 2.22. The molecule has 0 saturated carbocycles. The Morgan fingerprint density at radius 2 is 1.37 bits per heavy atom. The molecule has 0 bridgehead atoms. The summed E-state index contributed by atoms with van der Waals surface area (Å²) >= 11 is 1.90. The van der Waals surface area contributed by atoms with Crippen molar-refractivity contribution < 1.29 is 0 Å². The number of para-hydroxylation sites is 2. The van der Waals surface area contributed by atoms with Crippen molar-refractivity contribution in [2.45, 2.75) is 25.2 Å². The van der Waals surface area contributed by atoms with Gasteiger partial charge in [-0.2, -0.15) is 0 Å². The van der Waals surface area contributed by atoms with E-state index in [2.05, 4.69) is 173 Å². The molecule has 6 aromatic carbocycles. The zero-order chi connectivity index (χ0) is 33.5. The first-order valence-electron chi connectivity index (χ1n) is 18.0. The number of allylic oxidation sites excluding steroid dienone is 5. The summed E-state index contributed by atoms with van der Waals surface area (Å²) in [5.74, 6) is 0.285. The first kappa shape index (κ1) is 28.9. The number of hydrogen-bond donors (Lipinski definition) is 0. The number of nitrogens with zero attached hydrogens (tertiary/aromatic N) is 2. The number of hydrogen-bond acceptors (Lipinski definition) is 1. The van der Waals surface area contributed by atoms with Gasteiger partial charge in [0.15, 0.2) is 0 Å². The molecule has 0 radical (unpaired) electrons. The van der Waals surface area contributed by atoms with E-state index in [4.69, 9.17) is 0 Å². The molecule has 51 heavy (non-hydrogen) atoms. The average molecular weight is 671 g/mol. The molecule has 1 unspecified atom stereocenters. The lowest BCUT2D eigenvalue weighted by molar-refractivity contribution is 0.837. The van der Waals surface area contributed by atoms with Crippen LogP contribution in [0.5, 0.6) is 0 Å². The van der Waals surface area contributed by atoms with Gasteiger partial charge in [-0.25, -0.2) is 0 Å². The predicted octanol–water partition coefficient (Wildman–Crippen LogP) is 13.3. The second-order valence-corrected chi connectivity index (χ2v) is 15.0. The molecule has 2 aliphatic rings. The highest BCUT2D eigenvalue weighted by Crippen LogP contribution is 2.43. The quantitative estimate of drug-likeness (QED) is 0.176. The topological polar surface area (TPSA) is 9.86 Å². The smallest absolute Gasteiger partial charge is 0.0539 e. The van der Waals surface area contributed by atoms with Crippen molar-refractivity contribution in [2.75, 3.05) is 0 Å². The lowest BCUT2D eigenvalue weighted by Crippen LogP contribution is -2.06. The minimum atomic E-state index is 0.285. The van der Waals surface area contributed by atoms with Crippen LogP contribution >= 0.6 is 11.3 Å². The van der Waals surface area contributed by atoms with Gasteiger partial charge in [-0.3, -0.25) is 0 Å². The van der Waals surface area contributed by atoms with Gasteiger partial charge in [-0.15, -0.1) is 11.3 Å². The maximum absolute atomic E-state index is 2.51. The Morgan fingerprint density at radius 1 is 0.608 bits per heavy atom. The molecule has 3 heteroatoms. The predicted molar refractivity (Wildman–Crippen MR) is 219 cm³/mol. The maximum Gasteiger partial charge on any atom is 0.0539 e. The molecule has 11 rings (SSSR count). The first-order valence-corrected chi connectivity index (χ1v) is 18.8. The molecular weight excluding hydrogens is 637 g/mol. The lowest BCUT2D eigenvalue weighted by atomic mass is 9.88. The van der Waals surface area contributed by atoms with Gasteiger partial charge in [0.05, 0.1) is 16.6 Å². The third kappa shape index (κ3) is 4.41. The van der Waals surface area contributed by atoms with E-state index in [0.717, 1.165) is 19.3 Å². The molecule has 2 nitrogen and oxygen atoms in total. The van der Waals surface area contributed by atoms with Crippen molar-refractivity contribution in [3.63, 3.8) is 0 Å². The molecule has 2 aliphatic carbocycles. The Kier molecular flexibility index (Phi) is 6.41.